The van der Waals surface area contributed by atoms with Gasteiger partial charge < -0.3 is 0 Å². The summed E-state index contributed by atoms with van der Waals surface area (Å²) >= 11 is 3.45. The zero-order valence-corrected chi connectivity index (χ0v) is 18.1. The van der Waals surface area contributed by atoms with E-state index in [-0.39, 0.29) is 10.8 Å². The lowest BCUT2D eigenvalue weighted by Gasteiger charge is -2.25. The molecule has 0 atom stereocenters. The van der Waals surface area contributed by atoms with Crippen LogP contribution in [0.15, 0.2) is 59.3 Å². The fraction of sp³-hybridized carbons (Fsp3) is 0.250. The van der Waals surface area contributed by atoms with Crippen LogP contribution in [0.5, 0.6) is 0 Å². The first-order chi connectivity index (χ1) is 13.4. The monoisotopic (exact) mass is 402 g/mol. The van der Waals surface area contributed by atoms with Gasteiger partial charge in [0.2, 0.25) is 0 Å². The lowest BCUT2D eigenvalue weighted by Crippen LogP contribution is -2.19. The van der Waals surface area contributed by atoms with Gasteiger partial charge in [-0.1, -0.05) is 48.5 Å². The molecule has 1 aliphatic rings. The number of aromatic nitrogens is 2. The largest absolute Gasteiger partial charge is 0.239 e. The Labute approximate surface area is 174 Å². The lowest BCUT2D eigenvalue weighted by molar-refractivity contribution is 0.632. The Morgan fingerprint density at radius 2 is 1.07 bits per heavy atom. The molecule has 2 aromatic heterocycles. The van der Waals surface area contributed by atoms with Gasteiger partial charge in [-0.2, -0.15) is 0 Å². The molecule has 0 radical (unpaired) electrons. The van der Waals surface area contributed by atoms with E-state index in [1.165, 1.54) is 22.3 Å². The molecule has 0 fully saturated rings. The summed E-state index contributed by atoms with van der Waals surface area (Å²) in [5.41, 5.74) is 6.71. The molecule has 0 spiro atoms. The van der Waals surface area contributed by atoms with Crippen molar-refractivity contribution in [2.45, 2.75) is 38.5 Å². The minimum atomic E-state index is -0.154. The Morgan fingerprint density at radius 3 is 1.50 bits per heavy atom. The minimum absolute atomic E-state index is 0.154. The highest BCUT2D eigenvalue weighted by Crippen LogP contribution is 2.40. The van der Waals surface area contributed by atoms with Crippen molar-refractivity contribution in [3.05, 3.63) is 80.4 Å². The second-order valence-corrected chi connectivity index (χ2v) is 10.2. The molecule has 8 bridgehead atoms. The van der Waals surface area contributed by atoms with Gasteiger partial charge >= 0.3 is 0 Å². The first kappa shape index (κ1) is 17.8. The Balaban J connectivity index is 1.82. The van der Waals surface area contributed by atoms with E-state index in [1.54, 1.807) is 22.7 Å². The molecule has 2 aromatic carbocycles. The van der Waals surface area contributed by atoms with Crippen LogP contribution in [-0.4, -0.2) is 9.97 Å². The molecule has 0 unspecified atom stereocenters. The van der Waals surface area contributed by atoms with Crippen LogP contribution in [0.1, 0.15) is 48.8 Å². The van der Waals surface area contributed by atoms with Crippen LogP contribution >= 0.6 is 22.7 Å². The maximum atomic E-state index is 4.99. The third kappa shape index (κ3) is 2.66. The summed E-state index contributed by atoms with van der Waals surface area (Å²) in [6, 6.07) is 17.8. The Morgan fingerprint density at radius 1 is 0.643 bits per heavy atom. The SMILES string of the molecule is CC1(C)c2cccc(c2)-c2cccc(c2)C(C)(C)c2nc(cs2)-c2csc1n2. The molecule has 4 heteroatoms. The summed E-state index contributed by atoms with van der Waals surface area (Å²) in [5.74, 6) is 0. The van der Waals surface area contributed by atoms with Crippen LogP contribution in [0.4, 0.5) is 0 Å². The predicted octanol–water partition coefficient (Wildman–Crippen LogP) is 6.90. The zero-order valence-electron chi connectivity index (χ0n) is 16.5. The molecule has 3 heterocycles. The van der Waals surface area contributed by atoms with E-state index in [9.17, 15) is 0 Å². The Bertz CT molecular complexity index is 1090. The van der Waals surface area contributed by atoms with Crippen LogP contribution in [0.25, 0.3) is 22.5 Å². The molecule has 0 saturated carbocycles. The van der Waals surface area contributed by atoms with Crippen LogP contribution in [0, 0.1) is 0 Å². The van der Waals surface area contributed by atoms with E-state index >= 15 is 0 Å². The second-order valence-electron chi connectivity index (χ2n) is 8.49. The maximum absolute atomic E-state index is 4.99. The van der Waals surface area contributed by atoms with Crippen molar-refractivity contribution in [2.75, 3.05) is 0 Å². The smallest absolute Gasteiger partial charge is 0.103 e. The van der Waals surface area contributed by atoms with Crippen molar-refractivity contribution in [2.24, 2.45) is 0 Å². The summed E-state index contributed by atoms with van der Waals surface area (Å²) in [5, 5.41) is 6.54. The van der Waals surface area contributed by atoms with Crippen molar-refractivity contribution < 1.29 is 0 Å². The molecular formula is C24H22N2S2. The quantitative estimate of drug-likeness (QED) is 0.320. The highest BCUT2D eigenvalue weighted by molar-refractivity contribution is 7.11. The number of rotatable bonds is 0. The minimum Gasteiger partial charge on any atom is -0.239 e. The van der Waals surface area contributed by atoms with E-state index in [2.05, 4.69) is 87.0 Å². The molecule has 0 aliphatic carbocycles. The van der Waals surface area contributed by atoms with Crippen LogP contribution in [-0.2, 0) is 10.8 Å². The maximum Gasteiger partial charge on any atom is 0.103 e. The number of benzene rings is 2. The number of hydrogen-bond donors (Lipinski definition) is 0. The van der Waals surface area contributed by atoms with Crippen LogP contribution < -0.4 is 0 Å². The topological polar surface area (TPSA) is 25.8 Å². The van der Waals surface area contributed by atoms with Gasteiger partial charge in [0.05, 0.1) is 0 Å². The summed E-state index contributed by atoms with van der Waals surface area (Å²) in [6.07, 6.45) is 0. The molecular weight excluding hydrogens is 380 g/mol. The third-order valence-electron chi connectivity index (χ3n) is 5.84. The molecule has 28 heavy (non-hydrogen) atoms. The number of thiazole rings is 2. The fourth-order valence-electron chi connectivity index (χ4n) is 3.78. The van der Waals surface area contributed by atoms with Crippen molar-refractivity contribution in [3.8, 4) is 22.5 Å². The Hall–Kier alpha value is -2.30. The van der Waals surface area contributed by atoms with Gasteiger partial charge in [-0.05, 0) is 49.9 Å². The zero-order chi connectivity index (χ0) is 19.5. The second kappa shape index (κ2) is 6.10. The summed E-state index contributed by atoms with van der Waals surface area (Å²) < 4.78 is 0. The summed E-state index contributed by atoms with van der Waals surface area (Å²) in [6.45, 7) is 9.03. The van der Waals surface area contributed by atoms with Gasteiger partial charge in [0.15, 0.2) is 0 Å². The van der Waals surface area contributed by atoms with E-state index in [0.717, 1.165) is 21.4 Å². The highest BCUT2D eigenvalue weighted by Gasteiger charge is 2.30. The molecule has 5 rings (SSSR count). The van der Waals surface area contributed by atoms with E-state index < -0.39 is 0 Å². The average molecular weight is 403 g/mol. The standard InChI is InChI=1S/C24H22N2S2/c1-23(2)17-9-5-7-15(11-17)16-8-6-10-18(12-16)24(3,4)22-26-20(14-28-22)19-13-27-21(23)25-19/h5-14H,1-4H3. The molecule has 1 aliphatic heterocycles. The van der Waals surface area contributed by atoms with Crippen molar-refractivity contribution in [1.29, 1.82) is 0 Å². The highest BCUT2D eigenvalue weighted by atomic mass is 32.1. The molecule has 0 amide bonds. The number of nitrogens with zero attached hydrogens (tertiary/aromatic N) is 2. The normalized spacial score (nSPS) is 16.4. The molecule has 4 aromatic rings. The van der Waals surface area contributed by atoms with Gasteiger partial charge in [0, 0.05) is 21.6 Å². The van der Waals surface area contributed by atoms with E-state index in [1.807, 2.05) is 0 Å². The van der Waals surface area contributed by atoms with Crippen molar-refractivity contribution >= 4 is 22.7 Å². The van der Waals surface area contributed by atoms with Crippen LogP contribution in [0.2, 0.25) is 0 Å². The van der Waals surface area contributed by atoms with Crippen molar-refractivity contribution in [1.82, 2.24) is 9.97 Å². The number of hydrogen-bond acceptors (Lipinski definition) is 4. The fourth-order valence-corrected chi connectivity index (χ4v) is 5.70. The van der Waals surface area contributed by atoms with Crippen LogP contribution in [0.3, 0.4) is 0 Å². The first-order valence-electron chi connectivity index (χ1n) is 9.49. The third-order valence-corrected chi connectivity index (χ3v) is 8.17. The van der Waals surface area contributed by atoms with Crippen molar-refractivity contribution in [3.63, 3.8) is 0 Å². The first-order valence-corrected chi connectivity index (χ1v) is 11.3. The van der Waals surface area contributed by atoms with E-state index in [0.29, 0.717) is 0 Å². The molecule has 0 saturated heterocycles. The van der Waals surface area contributed by atoms with Gasteiger partial charge in [-0.15, -0.1) is 22.7 Å². The van der Waals surface area contributed by atoms with E-state index in [4.69, 9.17) is 9.97 Å². The molecule has 140 valence electrons. The number of fused-ring (bicyclic) bond motifs is 10. The van der Waals surface area contributed by atoms with Gasteiger partial charge in [0.25, 0.3) is 0 Å². The van der Waals surface area contributed by atoms with Gasteiger partial charge in [-0.25, -0.2) is 9.97 Å². The average Bonchev–Trinajstić information content (AvgIpc) is 3.37. The van der Waals surface area contributed by atoms with Gasteiger partial charge in [-0.3, -0.25) is 0 Å². The summed E-state index contributed by atoms with van der Waals surface area (Å²) in [7, 11) is 0. The summed E-state index contributed by atoms with van der Waals surface area (Å²) in [4.78, 5) is 9.98. The lowest BCUT2D eigenvalue weighted by atomic mass is 9.82. The molecule has 0 N–H and O–H groups in total. The predicted molar refractivity (Wildman–Crippen MR) is 119 cm³/mol. The Kier molecular flexibility index (Phi) is 3.87. The molecule has 2 nitrogen and oxygen atoms in total. The van der Waals surface area contributed by atoms with Gasteiger partial charge in [0.1, 0.15) is 21.4 Å².